The van der Waals surface area contributed by atoms with Crippen LogP contribution < -0.4 is 15.2 Å². The van der Waals surface area contributed by atoms with Crippen molar-refractivity contribution in [3.8, 4) is 22.9 Å². The fraction of sp³-hybridized carbons (Fsp3) is 0.273. The first-order valence-corrected chi connectivity index (χ1v) is 16.2. The Morgan fingerprint density at radius 2 is 1.87 bits per heavy atom. The number of anilines is 1. The fourth-order valence-corrected chi connectivity index (χ4v) is 7.54. The number of sulfone groups is 1. The van der Waals surface area contributed by atoms with Gasteiger partial charge in [0.05, 0.1) is 28.5 Å². The van der Waals surface area contributed by atoms with Gasteiger partial charge in [-0.05, 0) is 78.9 Å². The minimum atomic E-state index is -3.68. The van der Waals surface area contributed by atoms with Gasteiger partial charge in [-0.1, -0.05) is 18.2 Å². The third-order valence-electron chi connectivity index (χ3n) is 8.09. The molecule has 0 amide bonds. The average Bonchev–Trinajstić information content (AvgIpc) is 3.61. The maximum absolute atomic E-state index is 14.0. The Labute approximate surface area is 263 Å². The molecule has 4 aromatic rings. The number of benzene rings is 3. The lowest BCUT2D eigenvalue weighted by Crippen LogP contribution is -2.30. The molecule has 9 nitrogen and oxygen atoms in total. The zero-order valence-electron chi connectivity index (χ0n) is 24.7. The fourth-order valence-electron chi connectivity index (χ4n) is 5.74. The maximum Gasteiger partial charge on any atom is 0.387 e. The Balaban J connectivity index is 1.23. The van der Waals surface area contributed by atoms with Gasteiger partial charge in [-0.2, -0.15) is 13.9 Å². The van der Waals surface area contributed by atoms with E-state index in [1.165, 1.54) is 35.1 Å². The third-order valence-corrected chi connectivity index (χ3v) is 10.3. The van der Waals surface area contributed by atoms with Crippen LogP contribution in [0.4, 0.5) is 19.0 Å². The lowest BCUT2D eigenvalue weighted by Gasteiger charge is -2.23. The summed E-state index contributed by atoms with van der Waals surface area (Å²) < 4.78 is 84.0. The van der Waals surface area contributed by atoms with Gasteiger partial charge in [0.15, 0.2) is 27.2 Å². The number of aromatic nitrogens is 2. The predicted octanol–water partition coefficient (Wildman–Crippen LogP) is 6.21. The molecule has 2 aliphatic rings. The van der Waals surface area contributed by atoms with Crippen LogP contribution in [0.15, 0.2) is 66.4 Å². The summed E-state index contributed by atoms with van der Waals surface area (Å²) in [7, 11) is -3.68. The lowest BCUT2D eigenvalue weighted by molar-refractivity contribution is -0.0503. The first-order valence-electron chi connectivity index (χ1n) is 14.5. The molecule has 0 radical (unpaired) electrons. The zero-order valence-corrected chi connectivity index (χ0v) is 25.5. The Morgan fingerprint density at radius 3 is 2.59 bits per heavy atom. The Kier molecular flexibility index (Phi) is 8.62. The Bertz CT molecular complexity index is 1950. The number of alkyl halides is 2. The SMILES string of the molecule is Cc1cc(Oc2ccccc2F)ccc1-n1ncc(C(=O)C2=Cc3cc(OC(F)F)c(CS(=O)(=O)C4CCOCC4)cc3C2)c1N. The van der Waals surface area contributed by atoms with Crippen LogP contribution in [0.1, 0.15) is 45.5 Å². The van der Waals surface area contributed by atoms with Gasteiger partial charge in [0.2, 0.25) is 0 Å². The van der Waals surface area contributed by atoms with E-state index in [9.17, 15) is 26.4 Å². The third kappa shape index (κ3) is 6.38. The summed E-state index contributed by atoms with van der Waals surface area (Å²) in [5.41, 5.74) is 9.32. The number of nitrogens with two attached hydrogens (primary N) is 1. The van der Waals surface area contributed by atoms with E-state index in [4.69, 9.17) is 19.9 Å². The number of hydrogen-bond donors (Lipinski definition) is 1. The van der Waals surface area contributed by atoms with Gasteiger partial charge in [0.1, 0.15) is 17.3 Å². The molecule has 13 heteroatoms. The number of nitrogen functional groups attached to an aromatic ring is 1. The molecule has 2 N–H and O–H groups in total. The molecule has 1 saturated heterocycles. The number of carbonyl (C=O) groups excluding carboxylic acids is 1. The maximum atomic E-state index is 14.0. The van der Waals surface area contributed by atoms with Crippen LogP contribution in [0, 0.1) is 12.7 Å². The number of rotatable bonds is 10. The number of hydrogen-bond acceptors (Lipinski definition) is 8. The highest BCUT2D eigenvalue weighted by Crippen LogP contribution is 2.36. The summed E-state index contributed by atoms with van der Waals surface area (Å²) >= 11 is 0. The van der Waals surface area contributed by atoms with Crippen LogP contribution in [-0.4, -0.2) is 49.1 Å². The van der Waals surface area contributed by atoms with Crippen molar-refractivity contribution in [3.05, 3.63) is 100 Å². The summed E-state index contributed by atoms with van der Waals surface area (Å²) in [6.45, 7) is -0.735. The van der Waals surface area contributed by atoms with Crippen molar-refractivity contribution in [1.82, 2.24) is 9.78 Å². The molecule has 240 valence electrons. The van der Waals surface area contributed by atoms with E-state index >= 15 is 0 Å². The van der Waals surface area contributed by atoms with Gasteiger partial charge in [-0.25, -0.2) is 17.5 Å². The Morgan fingerprint density at radius 1 is 1.11 bits per heavy atom. The van der Waals surface area contributed by atoms with Gasteiger partial charge in [0.25, 0.3) is 0 Å². The first-order chi connectivity index (χ1) is 22.0. The smallest absolute Gasteiger partial charge is 0.387 e. The summed E-state index contributed by atoms with van der Waals surface area (Å²) in [4.78, 5) is 13.6. The second-order valence-electron chi connectivity index (χ2n) is 11.2. The number of aryl methyl sites for hydroxylation is 1. The number of allylic oxidation sites excluding steroid dienone is 1. The van der Waals surface area contributed by atoms with Gasteiger partial charge < -0.3 is 19.9 Å². The summed E-state index contributed by atoms with van der Waals surface area (Å²) in [6, 6.07) is 13.9. The number of fused-ring (bicyclic) bond motifs is 1. The summed E-state index contributed by atoms with van der Waals surface area (Å²) in [6.07, 6.45) is 3.71. The van der Waals surface area contributed by atoms with Crippen LogP contribution in [-0.2, 0) is 26.7 Å². The van der Waals surface area contributed by atoms with Crippen molar-refractivity contribution in [2.75, 3.05) is 18.9 Å². The molecule has 1 fully saturated rings. The van der Waals surface area contributed by atoms with Crippen molar-refractivity contribution in [2.24, 2.45) is 0 Å². The van der Waals surface area contributed by atoms with Crippen molar-refractivity contribution in [2.45, 2.75) is 43.8 Å². The summed E-state index contributed by atoms with van der Waals surface area (Å²) in [5, 5.41) is 3.69. The molecule has 1 aliphatic heterocycles. The van der Waals surface area contributed by atoms with E-state index in [2.05, 4.69) is 5.10 Å². The molecule has 0 atom stereocenters. The molecule has 1 aromatic heterocycles. The second kappa shape index (κ2) is 12.6. The number of nitrogens with zero attached hydrogens (tertiary/aromatic N) is 2. The van der Waals surface area contributed by atoms with Crippen molar-refractivity contribution >= 4 is 27.5 Å². The van der Waals surface area contributed by atoms with Crippen molar-refractivity contribution in [1.29, 1.82) is 0 Å². The van der Waals surface area contributed by atoms with Gasteiger partial charge >= 0.3 is 6.61 Å². The van der Waals surface area contributed by atoms with E-state index in [-0.39, 0.29) is 34.9 Å². The zero-order chi connectivity index (χ0) is 32.6. The van der Waals surface area contributed by atoms with Crippen LogP contribution in [0.5, 0.6) is 17.2 Å². The number of carbonyl (C=O) groups is 1. The number of para-hydroxylation sites is 1. The van der Waals surface area contributed by atoms with E-state index in [0.29, 0.717) is 59.8 Å². The molecule has 1 aliphatic carbocycles. The molecule has 2 heterocycles. The van der Waals surface area contributed by atoms with Crippen LogP contribution in [0.2, 0.25) is 0 Å². The van der Waals surface area contributed by atoms with E-state index in [1.807, 2.05) is 0 Å². The van der Waals surface area contributed by atoms with Crippen LogP contribution >= 0.6 is 0 Å². The number of Topliss-reactive ketones (excluding diaryl/α,β-unsaturated/α-hetero) is 1. The van der Waals surface area contributed by atoms with Gasteiger partial charge in [-0.15, -0.1) is 0 Å². The van der Waals surface area contributed by atoms with Gasteiger partial charge in [-0.3, -0.25) is 4.79 Å². The molecule has 46 heavy (non-hydrogen) atoms. The lowest BCUT2D eigenvalue weighted by atomic mass is 10.0. The first kappa shape index (κ1) is 31.4. The molecule has 3 aromatic carbocycles. The Hall–Kier alpha value is -4.62. The standard InChI is InChI=1S/C33H30F3N3O6S/c1-19-12-24(44-29-5-3-2-4-27(29)34)6-7-28(19)39-32(37)26(17-38-39)31(40)22-13-20-15-23(30(45-33(35)36)16-21(20)14-22)18-46(41,42)25-8-10-43-11-9-25/h2-7,12,14-17,25,33H,8-11,13,18,37H2,1H3. The number of ketones is 1. The van der Waals surface area contributed by atoms with E-state index in [0.717, 1.165) is 0 Å². The molecule has 0 spiro atoms. The normalized spacial score (nSPS) is 15.1. The molecule has 6 rings (SSSR count). The van der Waals surface area contributed by atoms with Crippen LogP contribution in [0.3, 0.4) is 0 Å². The monoisotopic (exact) mass is 653 g/mol. The van der Waals surface area contributed by atoms with Gasteiger partial charge in [0, 0.05) is 30.8 Å². The minimum absolute atomic E-state index is 0.0768. The van der Waals surface area contributed by atoms with E-state index in [1.54, 1.807) is 43.3 Å². The average molecular weight is 654 g/mol. The second-order valence-corrected chi connectivity index (χ2v) is 13.4. The molecular formula is C33H30F3N3O6S. The predicted molar refractivity (Wildman–Crippen MR) is 165 cm³/mol. The largest absolute Gasteiger partial charge is 0.454 e. The number of halogens is 3. The highest BCUT2D eigenvalue weighted by molar-refractivity contribution is 7.91. The topological polar surface area (TPSA) is 123 Å². The molecular weight excluding hydrogens is 623 g/mol. The molecule has 0 unspecified atom stereocenters. The molecule has 0 saturated carbocycles. The van der Waals surface area contributed by atoms with E-state index < -0.39 is 39.1 Å². The number of ether oxygens (including phenoxy) is 3. The van der Waals surface area contributed by atoms with Crippen molar-refractivity contribution in [3.63, 3.8) is 0 Å². The molecule has 0 bridgehead atoms. The highest BCUT2D eigenvalue weighted by atomic mass is 32.2. The minimum Gasteiger partial charge on any atom is -0.454 e. The summed E-state index contributed by atoms with van der Waals surface area (Å²) in [5.74, 6) is -1.08. The quantitative estimate of drug-likeness (QED) is 0.201. The van der Waals surface area contributed by atoms with Crippen LogP contribution in [0.25, 0.3) is 11.8 Å². The highest BCUT2D eigenvalue weighted by Gasteiger charge is 2.31. The van der Waals surface area contributed by atoms with Crippen molar-refractivity contribution < 1.29 is 40.6 Å².